The predicted molar refractivity (Wildman–Crippen MR) is 143 cm³/mol. The molecule has 8 nitrogen and oxygen atoms in total. The van der Waals surface area contributed by atoms with Gasteiger partial charge in [-0.15, -0.1) is 0 Å². The first-order valence-electron chi connectivity index (χ1n) is 12.5. The molecular formula is C29H27ClN4O4. The fourth-order valence-corrected chi connectivity index (χ4v) is 5.01. The average Bonchev–Trinajstić information content (AvgIpc) is 3.41. The summed E-state index contributed by atoms with van der Waals surface area (Å²) in [5.74, 6) is 0.724. The van der Waals surface area contributed by atoms with Gasteiger partial charge in [0.25, 0.3) is 11.8 Å². The molecule has 0 aromatic heterocycles. The maximum absolute atomic E-state index is 13.8. The van der Waals surface area contributed by atoms with Crippen LogP contribution in [0, 0.1) is 11.3 Å². The minimum absolute atomic E-state index is 0.000635. The van der Waals surface area contributed by atoms with Crippen molar-refractivity contribution in [2.45, 2.75) is 44.3 Å². The van der Waals surface area contributed by atoms with E-state index in [1.807, 2.05) is 11.0 Å². The van der Waals surface area contributed by atoms with Gasteiger partial charge in [0.2, 0.25) is 6.79 Å². The SMILES string of the molecule is N#Cc1ccc(C(=O)Nc2ccc(Cl)c(CN(C(=O)c3ccc4c(c3)OCO4)C3CCC(N)CC3)c2)cc1. The van der Waals surface area contributed by atoms with Crippen molar-refractivity contribution < 1.29 is 19.1 Å². The Labute approximate surface area is 225 Å². The Balaban J connectivity index is 1.39. The number of nitrogens with two attached hydrogens (primary N) is 1. The molecule has 0 bridgehead atoms. The third kappa shape index (κ3) is 5.59. The highest BCUT2D eigenvalue weighted by molar-refractivity contribution is 6.31. The standard InChI is InChI=1S/C29H27ClN4O4/c30-25-11-8-23(33-28(35)19-3-1-18(15-31)2-4-19)13-21(25)16-34(24-9-6-22(32)7-10-24)29(36)20-5-12-26-27(14-20)38-17-37-26/h1-5,8,11-14,22,24H,6-7,9-10,16-17,32H2,(H,33,35). The molecule has 1 aliphatic heterocycles. The number of carbonyl (C=O) groups is 2. The van der Waals surface area contributed by atoms with Crippen molar-refractivity contribution in [1.29, 1.82) is 5.26 Å². The van der Waals surface area contributed by atoms with E-state index < -0.39 is 0 Å². The second kappa shape index (κ2) is 11.1. The number of halogens is 1. The molecule has 3 aromatic rings. The molecule has 1 aliphatic carbocycles. The van der Waals surface area contributed by atoms with Crippen LogP contribution in [0.2, 0.25) is 5.02 Å². The first-order chi connectivity index (χ1) is 18.4. The Morgan fingerprint density at radius 1 is 0.974 bits per heavy atom. The highest BCUT2D eigenvalue weighted by atomic mass is 35.5. The smallest absolute Gasteiger partial charge is 0.255 e. The number of amides is 2. The molecule has 0 spiro atoms. The van der Waals surface area contributed by atoms with Crippen LogP contribution >= 0.6 is 11.6 Å². The van der Waals surface area contributed by atoms with Crippen LogP contribution in [0.15, 0.2) is 60.7 Å². The van der Waals surface area contributed by atoms with Gasteiger partial charge in [-0.25, -0.2) is 0 Å². The van der Waals surface area contributed by atoms with E-state index in [0.29, 0.717) is 44.5 Å². The molecule has 38 heavy (non-hydrogen) atoms. The molecular weight excluding hydrogens is 504 g/mol. The summed E-state index contributed by atoms with van der Waals surface area (Å²) in [5, 5.41) is 12.4. The Hall–Kier alpha value is -4.06. The number of ether oxygens (including phenoxy) is 2. The maximum Gasteiger partial charge on any atom is 0.255 e. The molecule has 194 valence electrons. The predicted octanol–water partition coefficient (Wildman–Crippen LogP) is 5.10. The normalized spacial score (nSPS) is 17.9. The van der Waals surface area contributed by atoms with Gasteiger partial charge in [0.05, 0.1) is 11.6 Å². The Morgan fingerprint density at radius 3 is 2.42 bits per heavy atom. The van der Waals surface area contributed by atoms with Crippen LogP contribution in [0.1, 0.15) is 57.5 Å². The number of rotatable bonds is 6. The molecule has 5 rings (SSSR count). The zero-order valence-electron chi connectivity index (χ0n) is 20.7. The summed E-state index contributed by atoms with van der Waals surface area (Å²) < 4.78 is 10.9. The molecule has 1 heterocycles. The molecule has 1 saturated carbocycles. The first-order valence-corrected chi connectivity index (χ1v) is 12.8. The van der Waals surface area contributed by atoms with Gasteiger partial charge in [-0.1, -0.05) is 11.6 Å². The number of nitriles is 1. The number of carbonyl (C=O) groups excluding carboxylic acids is 2. The quantitative estimate of drug-likeness (QED) is 0.457. The molecule has 2 amide bonds. The molecule has 0 unspecified atom stereocenters. The van der Waals surface area contributed by atoms with Gasteiger partial charge in [-0.2, -0.15) is 5.26 Å². The Morgan fingerprint density at radius 2 is 1.68 bits per heavy atom. The first kappa shape index (κ1) is 25.6. The molecule has 1 fully saturated rings. The lowest BCUT2D eigenvalue weighted by molar-refractivity contribution is 0.0606. The van der Waals surface area contributed by atoms with Crippen molar-refractivity contribution in [3.8, 4) is 17.6 Å². The van der Waals surface area contributed by atoms with Crippen LogP contribution in [-0.2, 0) is 6.54 Å². The number of anilines is 1. The Kier molecular flexibility index (Phi) is 7.50. The van der Waals surface area contributed by atoms with Gasteiger partial charge >= 0.3 is 0 Å². The largest absolute Gasteiger partial charge is 0.454 e. The Bertz CT molecular complexity index is 1390. The van der Waals surface area contributed by atoms with Gasteiger partial charge in [0, 0.05) is 40.5 Å². The minimum Gasteiger partial charge on any atom is -0.454 e. The van der Waals surface area contributed by atoms with Gasteiger partial charge in [0.1, 0.15) is 0 Å². The van der Waals surface area contributed by atoms with E-state index in [9.17, 15) is 9.59 Å². The molecule has 9 heteroatoms. The van der Waals surface area contributed by atoms with Gasteiger partial charge in [0.15, 0.2) is 11.5 Å². The number of hydrogen-bond donors (Lipinski definition) is 2. The lowest BCUT2D eigenvalue weighted by Crippen LogP contribution is -2.43. The van der Waals surface area contributed by atoms with E-state index >= 15 is 0 Å². The summed E-state index contributed by atoms with van der Waals surface area (Å²) >= 11 is 6.58. The maximum atomic E-state index is 13.8. The van der Waals surface area contributed by atoms with Crippen LogP contribution in [-0.4, -0.2) is 35.6 Å². The molecule has 0 atom stereocenters. The van der Waals surface area contributed by atoms with Gasteiger partial charge in [-0.3, -0.25) is 9.59 Å². The third-order valence-electron chi connectivity index (χ3n) is 6.98. The molecule has 0 radical (unpaired) electrons. The fourth-order valence-electron chi connectivity index (χ4n) is 4.83. The minimum atomic E-state index is -0.308. The molecule has 3 aromatic carbocycles. The zero-order valence-corrected chi connectivity index (χ0v) is 21.4. The van der Waals surface area contributed by atoms with Crippen molar-refractivity contribution >= 4 is 29.1 Å². The van der Waals surface area contributed by atoms with Crippen LogP contribution in [0.3, 0.4) is 0 Å². The summed E-state index contributed by atoms with van der Waals surface area (Å²) in [5.41, 5.74) is 8.83. The van der Waals surface area contributed by atoms with Crippen LogP contribution < -0.4 is 20.5 Å². The average molecular weight is 531 g/mol. The fraction of sp³-hybridized carbons (Fsp3) is 0.276. The number of nitrogens with zero attached hydrogens (tertiary/aromatic N) is 2. The second-order valence-electron chi connectivity index (χ2n) is 9.52. The number of nitrogens with one attached hydrogen (secondary N) is 1. The van der Waals surface area contributed by atoms with E-state index in [2.05, 4.69) is 5.32 Å². The third-order valence-corrected chi connectivity index (χ3v) is 7.35. The summed E-state index contributed by atoms with van der Waals surface area (Å²) in [6.45, 7) is 0.403. The van der Waals surface area contributed by atoms with E-state index in [1.165, 1.54) is 0 Å². The lowest BCUT2D eigenvalue weighted by atomic mass is 9.90. The molecule has 2 aliphatic rings. The van der Waals surface area contributed by atoms with Crippen LogP contribution in [0.4, 0.5) is 5.69 Å². The summed E-state index contributed by atoms with van der Waals surface area (Å²) in [6, 6.07) is 19.0. The van der Waals surface area contributed by atoms with E-state index in [1.54, 1.807) is 60.7 Å². The monoisotopic (exact) mass is 530 g/mol. The molecule has 3 N–H and O–H groups in total. The van der Waals surface area contributed by atoms with E-state index in [-0.39, 0.29) is 37.2 Å². The van der Waals surface area contributed by atoms with Gasteiger partial charge in [-0.05, 0) is 91.9 Å². The van der Waals surface area contributed by atoms with E-state index in [0.717, 1.165) is 25.7 Å². The van der Waals surface area contributed by atoms with Crippen molar-refractivity contribution in [3.63, 3.8) is 0 Å². The van der Waals surface area contributed by atoms with Crippen molar-refractivity contribution in [3.05, 3.63) is 87.9 Å². The molecule has 0 saturated heterocycles. The number of benzene rings is 3. The number of hydrogen-bond acceptors (Lipinski definition) is 6. The highest BCUT2D eigenvalue weighted by Gasteiger charge is 2.30. The van der Waals surface area contributed by atoms with Crippen LogP contribution in [0.5, 0.6) is 11.5 Å². The summed E-state index contributed by atoms with van der Waals surface area (Å²) in [7, 11) is 0. The lowest BCUT2D eigenvalue weighted by Gasteiger charge is -2.36. The van der Waals surface area contributed by atoms with Crippen molar-refractivity contribution in [2.75, 3.05) is 12.1 Å². The van der Waals surface area contributed by atoms with Crippen molar-refractivity contribution in [2.24, 2.45) is 5.73 Å². The van der Waals surface area contributed by atoms with Crippen molar-refractivity contribution in [1.82, 2.24) is 4.90 Å². The van der Waals surface area contributed by atoms with Gasteiger partial charge < -0.3 is 25.4 Å². The zero-order chi connectivity index (χ0) is 26.6. The van der Waals surface area contributed by atoms with Crippen LogP contribution in [0.25, 0.3) is 0 Å². The topological polar surface area (TPSA) is 118 Å². The number of fused-ring (bicyclic) bond motifs is 1. The highest BCUT2D eigenvalue weighted by Crippen LogP contribution is 2.34. The second-order valence-corrected chi connectivity index (χ2v) is 9.93. The van der Waals surface area contributed by atoms with E-state index in [4.69, 9.17) is 32.1 Å². The summed E-state index contributed by atoms with van der Waals surface area (Å²) in [4.78, 5) is 28.4. The summed E-state index contributed by atoms with van der Waals surface area (Å²) in [6.07, 6.45) is 3.27.